The molecule has 27 heavy (non-hydrogen) atoms. The van der Waals surface area contributed by atoms with Gasteiger partial charge in [0.1, 0.15) is 10.7 Å². The first-order valence-electron chi connectivity index (χ1n) is 9.10. The lowest BCUT2D eigenvalue weighted by atomic mass is 10.2. The van der Waals surface area contributed by atoms with Gasteiger partial charge < -0.3 is 9.64 Å². The molecule has 3 aromatic rings. The number of ether oxygens (including phenoxy) is 1. The average Bonchev–Trinajstić information content (AvgIpc) is 3.41. The lowest BCUT2D eigenvalue weighted by Gasteiger charge is -2.24. The minimum atomic E-state index is -0.0622. The van der Waals surface area contributed by atoms with Crippen LogP contribution < -0.4 is 0 Å². The van der Waals surface area contributed by atoms with E-state index in [4.69, 9.17) is 4.74 Å². The number of pyridine rings is 1. The molecule has 0 N–H and O–H groups in total. The Morgan fingerprint density at radius 3 is 2.85 bits per heavy atom. The number of rotatable bonds is 6. The first kappa shape index (κ1) is 17.8. The van der Waals surface area contributed by atoms with E-state index in [-0.39, 0.29) is 12.0 Å². The van der Waals surface area contributed by atoms with Crippen LogP contribution in [-0.4, -0.2) is 40.0 Å². The molecule has 4 rings (SSSR count). The SMILES string of the molecule is O=C(c1csc(-c2ccccc2)n1)N(Cc1cccnc1)CC1CCCO1. The van der Waals surface area contributed by atoms with Crippen LogP contribution in [0.3, 0.4) is 0 Å². The molecule has 1 atom stereocenters. The molecule has 1 fully saturated rings. The topological polar surface area (TPSA) is 55.3 Å². The number of nitrogens with zero attached hydrogens (tertiary/aromatic N) is 3. The van der Waals surface area contributed by atoms with Crippen molar-refractivity contribution < 1.29 is 9.53 Å². The van der Waals surface area contributed by atoms with Crippen LogP contribution in [0, 0.1) is 0 Å². The lowest BCUT2D eigenvalue weighted by Crippen LogP contribution is -2.37. The number of carbonyl (C=O) groups excluding carboxylic acids is 1. The van der Waals surface area contributed by atoms with E-state index in [0.717, 1.165) is 35.6 Å². The van der Waals surface area contributed by atoms with Crippen molar-refractivity contribution in [3.8, 4) is 10.6 Å². The maximum Gasteiger partial charge on any atom is 0.273 e. The van der Waals surface area contributed by atoms with Crippen molar-refractivity contribution in [3.05, 3.63) is 71.5 Å². The van der Waals surface area contributed by atoms with Crippen LogP contribution in [0.4, 0.5) is 0 Å². The van der Waals surface area contributed by atoms with Crippen molar-refractivity contribution in [2.75, 3.05) is 13.2 Å². The molecule has 0 saturated carbocycles. The fourth-order valence-corrected chi connectivity index (χ4v) is 4.01. The second-order valence-corrected chi connectivity index (χ2v) is 7.44. The van der Waals surface area contributed by atoms with Crippen LogP contribution in [0.15, 0.2) is 60.2 Å². The lowest BCUT2D eigenvalue weighted by molar-refractivity contribution is 0.0503. The second-order valence-electron chi connectivity index (χ2n) is 6.59. The summed E-state index contributed by atoms with van der Waals surface area (Å²) < 4.78 is 5.75. The molecule has 0 spiro atoms. The summed E-state index contributed by atoms with van der Waals surface area (Å²) in [4.78, 5) is 23.8. The Bertz CT molecular complexity index is 877. The fourth-order valence-electron chi connectivity index (χ4n) is 3.21. The van der Waals surface area contributed by atoms with Gasteiger partial charge in [0.25, 0.3) is 5.91 Å². The van der Waals surface area contributed by atoms with Gasteiger partial charge in [-0.2, -0.15) is 0 Å². The molecule has 1 amide bonds. The third-order valence-corrected chi connectivity index (χ3v) is 5.47. The second kappa shape index (κ2) is 8.41. The van der Waals surface area contributed by atoms with Gasteiger partial charge in [0.05, 0.1) is 6.10 Å². The minimum absolute atomic E-state index is 0.0622. The maximum atomic E-state index is 13.2. The van der Waals surface area contributed by atoms with Crippen LogP contribution >= 0.6 is 11.3 Å². The summed E-state index contributed by atoms with van der Waals surface area (Å²) in [6.45, 7) is 1.85. The first-order chi connectivity index (χ1) is 13.3. The molecule has 3 heterocycles. The van der Waals surface area contributed by atoms with Crippen molar-refractivity contribution in [2.24, 2.45) is 0 Å². The summed E-state index contributed by atoms with van der Waals surface area (Å²) in [6, 6.07) is 13.8. The Morgan fingerprint density at radius 1 is 1.22 bits per heavy atom. The Morgan fingerprint density at radius 2 is 2.11 bits per heavy atom. The van der Waals surface area contributed by atoms with Gasteiger partial charge in [-0.1, -0.05) is 36.4 Å². The zero-order chi connectivity index (χ0) is 18.5. The third kappa shape index (κ3) is 4.40. The quantitative estimate of drug-likeness (QED) is 0.649. The molecule has 5 nitrogen and oxygen atoms in total. The summed E-state index contributed by atoms with van der Waals surface area (Å²) >= 11 is 1.50. The van der Waals surface area contributed by atoms with E-state index < -0.39 is 0 Å². The maximum absolute atomic E-state index is 13.2. The number of thiazole rings is 1. The van der Waals surface area contributed by atoms with Crippen molar-refractivity contribution in [3.63, 3.8) is 0 Å². The summed E-state index contributed by atoms with van der Waals surface area (Å²) in [5.74, 6) is -0.0622. The van der Waals surface area contributed by atoms with Gasteiger partial charge in [-0.05, 0) is 24.5 Å². The number of aromatic nitrogens is 2. The van der Waals surface area contributed by atoms with Crippen molar-refractivity contribution >= 4 is 17.2 Å². The van der Waals surface area contributed by atoms with E-state index in [9.17, 15) is 4.79 Å². The number of hydrogen-bond acceptors (Lipinski definition) is 5. The molecular formula is C21H21N3O2S. The number of amides is 1. The molecule has 2 aromatic heterocycles. The summed E-state index contributed by atoms with van der Waals surface area (Å²) in [6.07, 6.45) is 5.67. The third-order valence-electron chi connectivity index (χ3n) is 4.58. The minimum Gasteiger partial charge on any atom is -0.376 e. The number of hydrogen-bond donors (Lipinski definition) is 0. The highest BCUT2D eigenvalue weighted by Crippen LogP contribution is 2.25. The molecule has 138 valence electrons. The van der Waals surface area contributed by atoms with Crippen molar-refractivity contribution in [1.29, 1.82) is 0 Å². The van der Waals surface area contributed by atoms with Crippen molar-refractivity contribution in [1.82, 2.24) is 14.9 Å². The average molecular weight is 379 g/mol. The molecular weight excluding hydrogens is 358 g/mol. The molecule has 0 bridgehead atoms. The molecule has 1 aliphatic rings. The van der Waals surface area contributed by atoms with E-state index in [2.05, 4.69) is 9.97 Å². The Hall–Kier alpha value is -2.57. The fraction of sp³-hybridized carbons (Fsp3) is 0.286. The van der Waals surface area contributed by atoms with Gasteiger partial charge in [-0.15, -0.1) is 11.3 Å². The highest BCUT2D eigenvalue weighted by molar-refractivity contribution is 7.13. The molecule has 1 unspecified atom stereocenters. The van der Waals surface area contributed by atoms with E-state index >= 15 is 0 Å². The summed E-state index contributed by atoms with van der Waals surface area (Å²) in [7, 11) is 0. The predicted octanol–water partition coefficient (Wildman–Crippen LogP) is 4.03. The van der Waals surface area contributed by atoms with E-state index in [1.54, 1.807) is 12.4 Å². The van der Waals surface area contributed by atoms with Crippen LogP contribution in [0.5, 0.6) is 0 Å². The van der Waals surface area contributed by atoms with Gasteiger partial charge in [-0.3, -0.25) is 9.78 Å². The largest absolute Gasteiger partial charge is 0.376 e. The Labute approximate surface area is 162 Å². The standard InChI is InChI=1S/C21H21N3O2S/c25-21(19-15-27-20(23-19)17-7-2-1-3-8-17)24(14-18-9-5-11-26-18)13-16-6-4-10-22-12-16/h1-4,6-8,10,12,15,18H,5,9,11,13-14H2. The van der Waals surface area contributed by atoms with E-state index in [1.165, 1.54) is 11.3 Å². The van der Waals surface area contributed by atoms with Gasteiger partial charge in [0.15, 0.2) is 0 Å². The zero-order valence-corrected chi connectivity index (χ0v) is 15.8. The van der Waals surface area contributed by atoms with Crippen LogP contribution in [0.2, 0.25) is 0 Å². The van der Waals surface area contributed by atoms with Crippen LogP contribution in [-0.2, 0) is 11.3 Å². The van der Waals surface area contributed by atoms with E-state index in [0.29, 0.717) is 18.8 Å². The summed E-state index contributed by atoms with van der Waals surface area (Å²) in [5.41, 5.74) is 2.52. The monoisotopic (exact) mass is 379 g/mol. The van der Waals surface area contributed by atoms with Crippen LogP contribution in [0.1, 0.15) is 28.9 Å². The predicted molar refractivity (Wildman–Crippen MR) is 106 cm³/mol. The van der Waals surface area contributed by atoms with Gasteiger partial charge in [-0.25, -0.2) is 4.98 Å². The number of carbonyl (C=O) groups is 1. The first-order valence-corrected chi connectivity index (χ1v) is 9.98. The van der Waals surface area contributed by atoms with E-state index in [1.807, 2.05) is 52.7 Å². The molecule has 1 saturated heterocycles. The Kier molecular flexibility index (Phi) is 5.55. The van der Waals surface area contributed by atoms with Gasteiger partial charge in [0, 0.05) is 43.0 Å². The molecule has 1 aromatic carbocycles. The highest BCUT2D eigenvalue weighted by Gasteiger charge is 2.25. The molecule has 6 heteroatoms. The van der Waals surface area contributed by atoms with Crippen LogP contribution in [0.25, 0.3) is 10.6 Å². The molecule has 1 aliphatic heterocycles. The van der Waals surface area contributed by atoms with Crippen molar-refractivity contribution in [2.45, 2.75) is 25.5 Å². The summed E-state index contributed by atoms with van der Waals surface area (Å²) in [5, 5.41) is 2.70. The zero-order valence-electron chi connectivity index (χ0n) is 15.0. The number of benzene rings is 1. The van der Waals surface area contributed by atoms with Gasteiger partial charge in [0.2, 0.25) is 0 Å². The highest BCUT2D eigenvalue weighted by atomic mass is 32.1. The van der Waals surface area contributed by atoms with Gasteiger partial charge >= 0.3 is 0 Å². The molecule has 0 aliphatic carbocycles. The normalized spacial score (nSPS) is 16.4. The smallest absolute Gasteiger partial charge is 0.273 e. The molecule has 0 radical (unpaired) electrons. The Balaban J connectivity index is 1.55.